The van der Waals surface area contributed by atoms with Gasteiger partial charge in [0.05, 0.1) is 17.5 Å². The van der Waals surface area contributed by atoms with Gasteiger partial charge in [0.15, 0.2) is 11.0 Å². The molecule has 1 aromatic carbocycles. The first-order chi connectivity index (χ1) is 11.2. The van der Waals surface area contributed by atoms with Gasteiger partial charge in [0.1, 0.15) is 0 Å². The minimum atomic E-state index is 0.300. The van der Waals surface area contributed by atoms with Crippen LogP contribution in [0.1, 0.15) is 5.56 Å². The van der Waals surface area contributed by atoms with Crippen LogP contribution in [0.25, 0.3) is 17.1 Å². The second kappa shape index (κ2) is 6.82. The Hall–Kier alpha value is -2.36. The van der Waals surface area contributed by atoms with Crippen molar-refractivity contribution in [3.8, 4) is 23.1 Å². The number of hydrogen-bond acceptors (Lipinski definition) is 5. The van der Waals surface area contributed by atoms with E-state index in [1.807, 2.05) is 41.8 Å². The van der Waals surface area contributed by atoms with E-state index in [-0.39, 0.29) is 0 Å². The zero-order valence-corrected chi connectivity index (χ0v) is 13.8. The molecule has 7 heteroatoms. The SMILES string of the molecule is Cc1c(Cl)cccc1-n1c(SCC#N)nnc1-c1ccncc1. The van der Waals surface area contributed by atoms with E-state index >= 15 is 0 Å². The molecule has 114 valence electrons. The van der Waals surface area contributed by atoms with Crippen LogP contribution in [0.4, 0.5) is 0 Å². The van der Waals surface area contributed by atoms with Gasteiger partial charge in [0.25, 0.3) is 0 Å². The highest BCUT2D eigenvalue weighted by atomic mass is 35.5. The number of rotatable bonds is 4. The highest BCUT2D eigenvalue weighted by Crippen LogP contribution is 2.31. The quantitative estimate of drug-likeness (QED) is 0.673. The topological polar surface area (TPSA) is 67.4 Å². The maximum Gasteiger partial charge on any atom is 0.197 e. The van der Waals surface area contributed by atoms with Gasteiger partial charge in [-0.1, -0.05) is 29.4 Å². The standard InChI is InChI=1S/C16H12ClN5S/c1-11-13(17)3-2-4-14(11)22-15(12-5-8-19-9-6-12)20-21-16(22)23-10-7-18/h2-6,8-9H,10H2,1H3. The van der Waals surface area contributed by atoms with Gasteiger partial charge in [-0.25, -0.2) is 0 Å². The lowest BCUT2D eigenvalue weighted by atomic mass is 10.2. The summed E-state index contributed by atoms with van der Waals surface area (Å²) in [4.78, 5) is 4.03. The van der Waals surface area contributed by atoms with Crippen molar-refractivity contribution in [1.82, 2.24) is 19.7 Å². The zero-order chi connectivity index (χ0) is 16.2. The van der Waals surface area contributed by atoms with Crippen molar-refractivity contribution in [3.05, 3.63) is 53.3 Å². The molecule has 3 rings (SSSR count). The van der Waals surface area contributed by atoms with Gasteiger partial charge >= 0.3 is 0 Å². The van der Waals surface area contributed by atoms with Crippen LogP contribution in [0.3, 0.4) is 0 Å². The lowest BCUT2D eigenvalue weighted by Crippen LogP contribution is -2.02. The smallest absolute Gasteiger partial charge is 0.197 e. The van der Waals surface area contributed by atoms with Gasteiger partial charge in [-0.3, -0.25) is 9.55 Å². The van der Waals surface area contributed by atoms with E-state index < -0.39 is 0 Å². The van der Waals surface area contributed by atoms with Crippen LogP contribution < -0.4 is 0 Å². The second-order valence-corrected chi connectivity index (χ2v) is 6.06. The highest BCUT2D eigenvalue weighted by Gasteiger charge is 2.18. The molecule has 0 spiro atoms. The maximum atomic E-state index is 8.85. The predicted octanol–water partition coefficient (Wildman–Crippen LogP) is 3.91. The van der Waals surface area contributed by atoms with E-state index in [1.165, 1.54) is 11.8 Å². The van der Waals surface area contributed by atoms with Gasteiger partial charge in [-0.2, -0.15) is 5.26 Å². The van der Waals surface area contributed by atoms with E-state index in [2.05, 4.69) is 21.3 Å². The van der Waals surface area contributed by atoms with Gasteiger partial charge in [-0.05, 0) is 36.8 Å². The molecule has 0 unspecified atom stereocenters. The molecule has 0 aliphatic carbocycles. The van der Waals surface area contributed by atoms with Crippen LogP contribution in [-0.2, 0) is 0 Å². The summed E-state index contributed by atoms with van der Waals surface area (Å²) >= 11 is 7.60. The van der Waals surface area contributed by atoms with Gasteiger partial charge in [0, 0.05) is 23.0 Å². The van der Waals surface area contributed by atoms with Crippen molar-refractivity contribution in [2.45, 2.75) is 12.1 Å². The number of aromatic nitrogens is 4. The van der Waals surface area contributed by atoms with Crippen LogP contribution >= 0.6 is 23.4 Å². The predicted molar refractivity (Wildman–Crippen MR) is 90.7 cm³/mol. The molecule has 0 amide bonds. The normalized spacial score (nSPS) is 10.5. The van der Waals surface area contributed by atoms with Gasteiger partial charge in [-0.15, -0.1) is 10.2 Å². The number of halogens is 1. The molecule has 0 saturated heterocycles. The van der Waals surface area contributed by atoms with Crippen molar-refractivity contribution >= 4 is 23.4 Å². The first-order valence-corrected chi connectivity index (χ1v) is 8.19. The number of hydrogen-bond donors (Lipinski definition) is 0. The average molecular weight is 342 g/mol. The monoisotopic (exact) mass is 341 g/mol. The van der Waals surface area contributed by atoms with Crippen molar-refractivity contribution in [3.63, 3.8) is 0 Å². The van der Waals surface area contributed by atoms with E-state index in [4.69, 9.17) is 16.9 Å². The van der Waals surface area contributed by atoms with E-state index in [0.29, 0.717) is 21.8 Å². The van der Waals surface area contributed by atoms with Crippen molar-refractivity contribution in [2.24, 2.45) is 0 Å². The molecule has 0 aliphatic rings. The number of thioether (sulfide) groups is 1. The minimum absolute atomic E-state index is 0.300. The largest absolute Gasteiger partial charge is 0.270 e. The Balaban J connectivity index is 2.21. The molecule has 0 N–H and O–H groups in total. The number of nitriles is 1. The Morgan fingerprint density at radius 3 is 2.74 bits per heavy atom. The Kier molecular flexibility index (Phi) is 4.60. The molecule has 5 nitrogen and oxygen atoms in total. The van der Waals surface area contributed by atoms with E-state index in [0.717, 1.165) is 16.8 Å². The Labute approximate surface area is 143 Å². The summed E-state index contributed by atoms with van der Waals surface area (Å²) in [5.41, 5.74) is 2.73. The lowest BCUT2D eigenvalue weighted by Gasteiger charge is -2.13. The van der Waals surface area contributed by atoms with Gasteiger partial charge < -0.3 is 0 Å². The van der Waals surface area contributed by atoms with Crippen molar-refractivity contribution in [2.75, 3.05) is 5.75 Å². The molecule has 0 aliphatic heterocycles. The molecule has 0 radical (unpaired) electrons. The summed E-state index contributed by atoms with van der Waals surface area (Å²) < 4.78 is 1.93. The van der Waals surface area contributed by atoms with E-state index in [1.54, 1.807) is 12.4 Å². The lowest BCUT2D eigenvalue weighted by molar-refractivity contribution is 0.882. The van der Waals surface area contributed by atoms with Crippen LogP contribution in [-0.4, -0.2) is 25.5 Å². The fourth-order valence-corrected chi connectivity index (χ4v) is 2.98. The fourth-order valence-electron chi connectivity index (χ4n) is 2.20. The Bertz CT molecular complexity index is 870. The first-order valence-electron chi connectivity index (χ1n) is 6.83. The highest BCUT2D eigenvalue weighted by molar-refractivity contribution is 7.99. The summed E-state index contributed by atoms with van der Waals surface area (Å²) in [5.74, 6) is 0.992. The summed E-state index contributed by atoms with van der Waals surface area (Å²) in [7, 11) is 0. The minimum Gasteiger partial charge on any atom is -0.270 e. The Morgan fingerprint density at radius 2 is 2.00 bits per heavy atom. The molecular formula is C16H12ClN5S. The van der Waals surface area contributed by atoms with Gasteiger partial charge in [0.2, 0.25) is 0 Å². The molecule has 0 saturated carbocycles. The maximum absolute atomic E-state index is 8.85. The molecule has 2 heterocycles. The molecular weight excluding hydrogens is 330 g/mol. The molecule has 2 aromatic heterocycles. The van der Waals surface area contributed by atoms with E-state index in [9.17, 15) is 0 Å². The molecule has 0 atom stereocenters. The second-order valence-electron chi connectivity index (χ2n) is 4.71. The first kappa shape index (κ1) is 15.5. The van der Waals surface area contributed by atoms with Crippen LogP contribution in [0.15, 0.2) is 47.9 Å². The average Bonchev–Trinajstić information content (AvgIpc) is 3.00. The Morgan fingerprint density at radius 1 is 1.22 bits per heavy atom. The zero-order valence-electron chi connectivity index (χ0n) is 12.3. The molecule has 3 aromatic rings. The van der Waals surface area contributed by atoms with Crippen LogP contribution in [0.5, 0.6) is 0 Å². The van der Waals surface area contributed by atoms with Crippen molar-refractivity contribution in [1.29, 1.82) is 5.26 Å². The third-order valence-electron chi connectivity index (χ3n) is 3.32. The molecule has 0 fully saturated rings. The third-order valence-corrected chi connectivity index (χ3v) is 4.52. The number of benzene rings is 1. The number of nitrogens with zero attached hydrogens (tertiary/aromatic N) is 5. The summed E-state index contributed by atoms with van der Waals surface area (Å²) in [5, 5.41) is 18.7. The third kappa shape index (κ3) is 3.07. The summed E-state index contributed by atoms with van der Waals surface area (Å²) in [6, 6.07) is 11.6. The molecule has 0 bridgehead atoms. The van der Waals surface area contributed by atoms with Crippen LogP contribution in [0, 0.1) is 18.3 Å². The fraction of sp³-hybridized carbons (Fsp3) is 0.125. The number of pyridine rings is 1. The summed E-state index contributed by atoms with van der Waals surface area (Å²) in [6.45, 7) is 1.95. The summed E-state index contributed by atoms with van der Waals surface area (Å²) in [6.07, 6.45) is 3.42. The molecule has 23 heavy (non-hydrogen) atoms. The van der Waals surface area contributed by atoms with Crippen LogP contribution in [0.2, 0.25) is 5.02 Å². The van der Waals surface area contributed by atoms with Crippen molar-refractivity contribution < 1.29 is 0 Å².